The van der Waals surface area contributed by atoms with Gasteiger partial charge in [0, 0.05) is 25.7 Å². The lowest BCUT2D eigenvalue weighted by Crippen LogP contribution is -2.42. The number of pyridine rings is 1. The molecule has 0 saturated carbocycles. The van der Waals surface area contributed by atoms with Gasteiger partial charge in [-0.05, 0) is 38.3 Å². The van der Waals surface area contributed by atoms with Crippen LogP contribution in [0.15, 0.2) is 18.3 Å². The Hall–Kier alpha value is -1.99. The number of nitrogens with one attached hydrogen (secondary N) is 2. The molecule has 0 radical (unpaired) electrons. The average Bonchev–Trinajstić information content (AvgIpc) is 2.95. The van der Waals surface area contributed by atoms with Crippen molar-refractivity contribution in [3.05, 3.63) is 35.0 Å². The molecule has 8 heteroatoms. The molecule has 3 heterocycles. The van der Waals surface area contributed by atoms with Crippen LogP contribution in [0.4, 0.5) is 5.82 Å². The standard InChI is InChI=1S/C16H21ClN6O/c1-10(16(24)20-14-5-4-13(17)8-19-14)18-7-12-3-6-15-22-21-11(2)23(15)9-12/h4-5,8,10,12,18H,3,6-7,9H2,1-2H3,(H,19,20,24)/t10-,12-/m1/s1. The number of fused-ring (bicyclic) bond motifs is 1. The fourth-order valence-corrected chi connectivity index (χ4v) is 2.93. The summed E-state index contributed by atoms with van der Waals surface area (Å²) in [6, 6.07) is 3.08. The molecule has 0 saturated heterocycles. The van der Waals surface area contributed by atoms with Crippen molar-refractivity contribution < 1.29 is 4.79 Å². The highest BCUT2D eigenvalue weighted by atomic mass is 35.5. The van der Waals surface area contributed by atoms with Crippen LogP contribution in [0.3, 0.4) is 0 Å². The smallest absolute Gasteiger partial charge is 0.242 e. The molecule has 0 spiro atoms. The van der Waals surface area contributed by atoms with E-state index in [4.69, 9.17) is 11.6 Å². The van der Waals surface area contributed by atoms with Crippen LogP contribution in [0.5, 0.6) is 0 Å². The van der Waals surface area contributed by atoms with E-state index in [1.54, 1.807) is 12.1 Å². The van der Waals surface area contributed by atoms with E-state index in [9.17, 15) is 4.79 Å². The third-order valence-corrected chi connectivity index (χ3v) is 4.54. The lowest BCUT2D eigenvalue weighted by molar-refractivity contribution is -0.117. The largest absolute Gasteiger partial charge is 0.315 e. The molecule has 0 fully saturated rings. The lowest BCUT2D eigenvalue weighted by Gasteiger charge is -2.25. The first-order chi connectivity index (χ1) is 11.5. The Balaban J connectivity index is 1.48. The molecular weight excluding hydrogens is 328 g/mol. The third-order valence-electron chi connectivity index (χ3n) is 4.31. The zero-order chi connectivity index (χ0) is 17.1. The van der Waals surface area contributed by atoms with Crippen molar-refractivity contribution in [1.82, 2.24) is 25.1 Å². The molecule has 0 aliphatic carbocycles. The first-order valence-corrected chi connectivity index (χ1v) is 8.45. The number of hydrogen-bond acceptors (Lipinski definition) is 5. The number of hydrogen-bond donors (Lipinski definition) is 2. The van der Waals surface area contributed by atoms with Crippen LogP contribution >= 0.6 is 11.6 Å². The summed E-state index contributed by atoms with van der Waals surface area (Å²) in [5, 5.41) is 14.9. The fraction of sp³-hybridized carbons (Fsp3) is 0.500. The number of amides is 1. The SMILES string of the molecule is Cc1nnc2n1C[C@@H](CN[C@H](C)C(=O)Nc1ccc(Cl)cn1)CC2. The van der Waals surface area contributed by atoms with Crippen molar-refractivity contribution in [3.63, 3.8) is 0 Å². The number of carbonyl (C=O) groups excluding carboxylic acids is 1. The van der Waals surface area contributed by atoms with Crippen molar-refractivity contribution in [2.75, 3.05) is 11.9 Å². The maximum Gasteiger partial charge on any atom is 0.242 e. The van der Waals surface area contributed by atoms with Crippen molar-refractivity contribution in [2.24, 2.45) is 5.92 Å². The van der Waals surface area contributed by atoms with Gasteiger partial charge in [0.15, 0.2) is 0 Å². The van der Waals surface area contributed by atoms with E-state index in [2.05, 4.69) is 30.4 Å². The zero-order valence-corrected chi connectivity index (χ0v) is 14.5. The van der Waals surface area contributed by atoms with Crippen molar-refractivity contribution in [3.8, 4) is 0 Å². The summed E-state index contributed by atoms with van der Waals surface area (Å²) in [4.78, 5) is 16.3. The molecule has 0 bridgehead atoms. The molecule has 1 aliphatic rings. The van der Waals surface area contributed by atoms with Crippen LogP contribution in [0.25, 0.3) is 0 Å². The summed E-state index contributed by atoms with van der Waals surface area (Å²) < 4.78 is 2.16. The van der Waals surface area contributed by atoms with Gasteiger partial charge in [-0.2, -0.15) is 0 Å². The predicted octanol–water partition coefficient (Wildman–Crippen LogP) is 1.81. The second-order valence-electron chi connectivity index (χ2n) is 6.16. The number of rotatable bonds is 5. The van der Waals surface area contributed by atoms with Gasteiger partial charge in [0.2, 0.25) is 5.91 Å². The molecule has 0 aromatic carbocycles. The van der Waals surface area contributed by atoms with E-state index < -0.39 is 0 Å². The normalized spacial score (nSPS) is 18.0. The number of aromatic nitrogens is 4. The Morgan fingerprint density at radius 3 is 3.04 bits per heavy atom. The van der Waals surface area contributed by atoms with Crippen LogP contribution in [0.2, 0.25) is 5.02 Å². The van der Waals surface area contributed by atoms with E-state index in [1.807, 2.05) is 13.8 Å². The lowest BCUT2D eigenvalue weighted by atomic mass is 9.99. The molecule has 2 aromatic rings. The minimum Gasteiger partial charge on any atom is -0.315 e. The summed E-state index contributed by atoms with van der Waals surface area (Å²) in [5.41, 5.74) is 0. The van der Waals surface area contributed by atoms with Gasteiger partial charge in [-0.15, -0.1) is 10.2 Å². The number of aryl methyl sites for hydroxylation is 2. The minimum atomic E-state index is -0.300. The number of carbonyl (C=O) groups is 1. The van der Waals surface area contributed by atoms with E-state index in [-0.39, 0.29) is 11.9 Å². The minimum absolute atomic E-state index is 0.109. The van der Waals surface area contributed by atoms with Crippen LogP contribution in [0, 0.1) is 12.8 Å². The summed E-state index contributed by atoms with van der Waals surface area (Å²) in [6.07, 6.45) is 3.50. The van der Waals surface area contributed by atoms with Gasteiger partial charge in [0.25, 0.3) is 0 Å². The Bertz CT molecular complexity index is 714. The summed E-state index contributed by atoms with van der Waals surface area (Å²) in [7, 11) is 0. The van der Waals surface area contributed by atoms with Crippen LogP contribution in [-0.4, -0.2) is 38.2 Å². The topological polar surface area (TPSA) is 84.7 Å². The molecule has 1 aliphatic heterocycles. The highest BCUT2D eigenvalue weighted by Gasteiger charge is 2.22. The Labute approximate surface area is 145 Å². The molecule has 2 atom stereocenters. The highest BCUT2D eigenvalue weighted by molar-refractivity contribution is 6.30. The van der Waals surface area contributed by atoms with E-state index in [0.29, 0.717) is 16.8 Å². The van der Waals surface area contributed by atoms with Crippen LogP contribution < -0.4 is 10.6 Å². The molecule has 2 N–H and O–H groups in total. The summed E-state index contributed by atoms with van der Waals surface area (Å²) in [6.45, 7) is 5.50. The molecule has 24 heavy (non-hydrogen) atoms. The second-order valence-corrected chi connectivity index (χ2v) is 6.60. The monoisotopic (exact) mass is 348 g/mol. The zero-order valence-electron chi connectivity index (χ0n) is 13.8. The van der Waals surface area contributed by atoms with Crippen molar-refractivity contribution in [2.45, 2.75) is 39.3 Å². The Morgan fingerprint density at radius 1 is 1.46 bits per heavy atom. The quantitative estimate of drug-likeness (QED) is 0.860. The first kappa shape index (κ1) is 16.9. The maximum atomic E-state index is 12.2. The van der Waals surface area contributed by atoms with E-state index in [1.165, 1.54) is 6.20 Å². The molecule has 3 rings (SSSR count). The summed E-state index contributed by atoms with van der Waals surface area (Å²) >= 11 is 5.79. The van der Waals surface area contributed by atoms with Crippen LogP contribution in [-0.2, 0) is 17.8 Å². The highest BCUT2D eigenvalue weighted by Crippen LogP contribution is 2.19. The Kier molecular flexibility index (Phi) is 5.11. The van der Waals surface area contributed by atoms with Crippen molar-refractivity contribution >= 4 is 23.3 Å². The van der Waals surface area contributed by atoms with Gasteiger partial charge in [-0.1, -0.05) is 11.6 Å². The predicted molar refractivity (Wildman–Crippen MR) is 91.9 cm³/mol. The Morgan fingerprint density at radius 2 is 2.29 bits per heavy atom. The summed E-state index contributed by atoms with van der Waals surface area (Å²) in [5.74, 6) is 2.87. The molecule has 2 aromatic heterocycles. The third kappa shape index (κ3) is 3.91. The van der Waals surface area contributed by atoms with Gasteiger partial charge >= 0.3 is 0 Å². The molecule has 1 amide bonds. The number of nitrogens with zero attached hydrogens (tertiary/aromatic N) is 4. The first-order valence-electron chi connectivity index (χ1n) is 8.07. The molecule has 0 unspecified atom stereocenters. The maximum absolute atomic E-state index is 12.2. The van der Waals surface area contributed by atoms with Gasteiger partial charge in [0.1, 0.15) is 17.5 Å². The molecule has 7 nitrogen and oxygen atoms in total. The molecule has 128 valence electrons. The van der Waals surface area contributed by atoms with Gasteiger partial charge in [0.05, 0.1) is 11.1 Å². The van der Waals surface area contributed by atoms with E-state index >= 15 is 0 Å². The van der Waals surface area contributed by atoms with Gasteiger partial charge < -0.3 is 15.2 Å². The number of anilines is 1. The van der Waals surface area contributed by atoms with Gasteiger partial charge in [-0.3, -0.25) is 4.79 Å². The van der Waals surface area contributed by atoms with Crippen molar-refractivity contribution in [1.29, 1.82) is 0 Å². The van der Waals surface area contributed by atoms with E-state index in [0.717, 1.165) is 37.6 Å². The van der Waals surface area contributed by atoms with Crippen LogP contribution in [0.1, 0.15) is 25.0 Å². The molecular formula is C16H21ClN6O. The number of halogens is 1. The fourth-order valence-electron chi connectivity index (χ4n) is 2.82. The second kappa shape index (κ2) is 7.27. The average molecular weight is 349 g/mol. The van der Waals surface area contributed by atoms with Gasteiger partial charge in [-0.25, -0.2) is 4.98 Å².